The first-order chi connectivity index (χ1) is 11.5. The maximum absolute atomic E-state index is 12.2. The molecule has 0 aromatic carbocycles. The Morgan fingerprint density at radius 2 is 1.54 bits per heavy atom. The van der Waals surface area contributed by atoms with E-state index in [-0.39, 0.29) is 12.7 Å². The van der Waals surface area contributed by atoms with E-state index in [9.17, 15) is 16.8 Å². The number of nitrogens with one attached hydrogen (secondary N) is 1. The number of hydrogen-bond acceptors (Lipinski definition) is 5. The Hall–Kier alpha value is -0.220. The fraction of sp³-hybridized carbons (Fsp3) is 1.00. The zero-order valence-corrected chi connectivity index (χ0v) is 19.4. The van der Waals surface area contributed by atoms with Crippen LogP contribution in [-0.2, 0) is 24.8 Å². The summed E-state index contributed by atoms with van der Waals surface area (Å²) in [5.74, 6) is 0. The number of hydrogen-bond donors (Lipinski definition) is 1. The van der Waals surface area contributed by atoms with Crippen molar-refractivity contribution in [1.29, 1.82) is 0 Å². The molecule has 0 aromatic rings. The molecule has 3 unspecified atom stereocenters. The Kier molecular flexibility index (Phi) is 9.24. The molecule has 0 saturated heterocycles. The van der Waals surface area contributed by atoms with Crippen LogP contribution < -0.4 is 4.72 Å². The maximum Gasteiger partial charge on any atom is 0.211 e. The fourth-order valence-corrected chi connectivity index (χ4v) is 5.20. The third kappa shape index (κ3) is 8.21. The lowest BCUT2D eigenvalue weighted by molar-refractivity contribution is -0.00507. The lowest BCUT2D eigenvalue weighted by Crippen LogP contribution is -2.55. The summed E-state index contributed by atoms with van der Waals surface area (Å²) >= 11 is 0. The molecule has 26 heavy (non-hydrogen) atoms. The smallest absolute Gasteiger partial charge is 0.211 e. The SMILES string of the molecule is CCC(C)(CC(C)(CC)C(COC(C)C)N(C)S(C)(=O)=O)NS(C)(=O)=O. The van der Waals surface area contributed by atoms with E-state index in [4.69, 9.17) is 4.74 Å². The predicted molar refractivity (Wildman–Crippen MR) is 107 cm³/mol. The molecule has 0 aliphatic heterocycles. The average molecular weight is 415 g/mol. The Morgan fingerprint density at radius 1 is 1.04 bits per heavy atom. The Balaban J connectivity index is 5.93. The van der Waals surface area contributed by atoms with Crippen LogP contribution in [0.5, 0.6) is 0 Å². The van der Waals surface area contributed by atoms with Gasteiger partial charge in [0.1, 0.15) is 0 Å². The van der Waals surface area contributed by atoms with Crippen LogP contribution in [0.1, 0.15) is 60.8 Å². The molecule has 0 rings (SSSR count). The number of sulfonamides is 2. The highest BCUT2D eigenvalue weighted by Gasteiger charge is 2.44. The van der Waals surface area contributed by atoms with Crippen LogP contribution in [0.25, 0.3) is 0 Å². The van der Waals surface area contributed by atoms with E-state index in [1.807, 2.05) is 41.5 Å². The van der Waals surface area contributed by atoms with Crippen LogP contribution in [0.2, 0.25) is 0 Å². The molecule has 0 aliphatic carbocycles. The summed E-state index contributed by atoms with van der Waals surface area (Å²) in [6.45, 7) is 11.8. The van der Waals surface area contributed by atoms with Gasteiger partial charge in [-0.1, -0.05) is 20.8 Å². The zero-order chi connectivity index (χ0) is 21.0. The van der Waals surface area contributed by atoms with Crippen molar-refractivity contribution in [2.24, 2.45) is 5.41 Å². The van der Waals surface area contributed by atoms with Gasteiger partial charge in [-0.05, 0) is 45.4 Å². The highest BCUT2D eigenvalue weighted by atomic mass is 32.2. The molecule has 0 amide bonds. The van der Waals surface area contributed by atoms with Crippen molar-refractivity contribution >= 4 is 20.0 Å². The van der Waals surface area contributed by atoms with Gasteiger partial charge >= 0.3 is 0 Å². The molecular weight excluding hydrogens is 376 g/mol. The average Bonchev–Trinajstić information content (AvgIpc) is 2.43. The normalized spacial score (nSPS) is 19.3. The third-order valence-electron chi connectivity index (χ3n) is 5.17. The quantitative estimate of drug-likeness (QED) is 0.528. The number of nitrogens with zero attached hydrogens (tertiary/aromatic N) is 1. The summed E-state index contributed by atoms with van der Waals surface area (Å²) in [6.07, 6.45) is 4.06. The van der Waals surface area contributed by atoms with Gasteiger partial charge in [0.25, 0.3) is 0 Å². The minimum absolute atomic E-state index is 0.0294. The summed E-state index contributed by atoms with van der Waals surface area (Å²) < 4.78 is 57.9. The third-order valence-corrected chi connectivity index (χ3v) is 7.33. The van der Waals surface area contributed by atoms with Crippen molar-refractivity contribution in [2.75, 3.05) is 26.2 Å². The van der Waals surface area contributed by atoms with E-state index in [0.717, 1.165) is 6.26 Å². The molecule has 0 bridgehead atoms. The number of rotatable bonds is 12. The van der Waals surface area contributed by atoms with E-state index in [1.165, 1.54) is 10.6 Å². The lowest BCUT2D eigenvalue weighted by atomic mass is 9.70. The van der Waals surface area contributed by atoms with Gasteiger partial charge in [0, 0.05) is 12.6 Å². The van der Waals surface area contributed by atoms with Crippen LogP contribution in [0.4, 0.5) is 0 Å². The van der Waals surface area contributed by atoms with Crippen molar-refractivity contribution in [3.05, 3.63) is 0 Å². The minimum atomic E-state index is -3.43. The lowest BCUT2D eigenvalue weighted by Gasteiger charge is -2.46. The van der Waals surface area contributed by atoms with Crippen molar-refractivity contribution < 1.29 is 21.6 Å². The van der Waals surface area contributed by atoms with Gasteiger partial charge in [0.05, 0.1) is 31.3 Å². The molecule has 0 heterocycles. The van der Waals surface area contributed by atoms with Crippen LogP contribution in [0.3, 0.4) is 0 Å². The first-order valence-electron chi connectivity index (χ1n) is 9.03. The first-order valence-corrected chi connectivity index (χ1v) is 12.8. The number of ether oxygens (including phenoxy) is 1. The molecule has 0 saturated carbocycles. The predicted octanol–water partition coefficient (Wildman–Crippen LogP) is 2.20. The fourth-order valence-electron chi connectivity index (χ4n) is 3.31. The topological polar surface area (TPSA) is 92.8 Å². The van der Waals surface area contributed by atoms with E-state index >= 15 is 0 Å². The van der Waals surface area contributed by atoms with Crippen molar-refractivity contribution in [1.82, 2.24) is 9.03 Å². The van der Waals surface area contributed by atoms with Crippen molar-refractivity contribution in [3.63, 3.8) is 0 Å². The largest absolute Gasteiger partial charge is 0.377 e. The van der Waals surface area contributed by atoms with E-state index < -0.39 is 37.0 Å². The molecule has 0 aliphatic rings. The summed E-state index contributed by atoms with van der Waals surface area (Å²) in [5.41, 5.74) is -1.15. The second kappa shape index (κ2) is 9.32. The van der Waals surface area contributed by atoms with Crippen LogP contribution in [0, 0.1) is 5.41 Å². The maximum atomic E-state index is 12.2. The van der Waals surface area contributed by atoms with Crippen molar-refractivity contribution in [2.45, 2.75) is 78.5 Å². The van der Waals surface area contributed by atoms with E-state index in [1.54, 1.807) is 7.05 Å². The molecule has 0 fully saturated rings. The van der Waals surface area contributed by atoms with Gasteiger partial charge in [-0.25, -0.2) is 21.6 Å². The monoisotopic (exact) mass is 414 g/mol. The van der Waals surface area contributed by atoms with Gasteiger partial charge in [-0.2, -0.15) is 4.31 Å². The molecule has 3 atom stereocenters. The molecule has 0 radical (unpaired) electrons. The van der Waals surface area contributed by atoms with E-state index in [2.05, 4.69) is 4.72 Å². The molecule has 0 spiro atoms. The standard InChI is InChI=1S/C17H38N2O5S2/c1-10-16(5,13-17(6,11-2)18-25(8,20)21)15(12-24-14(3)4)19(7)26(9,22)23/h14-15,18H,10-13H2,1-9H3. The summed E-state index contributed by atoms with van der Waals surface area (Å²) in [5, 5.41) is 0. The molecule has 9 heteroatoms. The Bertz CT molecular complexity index is 648. The second-order valence-corrected chi connectivity index (χ2v) is 11.9. The van der Waals surface area contributed by atoms with Gasteiger partial charge in [-0.3, -0.25) is 0 Å². The Labute approximate surface area is 161 Å². The van der Waals surface area contributed by atoms with Gasteiger partial charge < -0.3 is 4.74 Å². The van der Waals surface area contributed by atoms with Crippen LogP contribution in [-0.4, -0.2) is 65.0 Å². The van der Waals surface area contributed by atoms with Gasteiger partial charge in [0.15, 0.2) is 0 Å². The summed E-state index contributed by atoms with van der Waals surface area (Å²) in [6, 6.07) is -0.405. The minimum Gasteiger partial charge on any atom is -0.377 e. The highest BCUT2D eigenvalue weighted by molar-refractivity contribution is 7.88. The molecule has 0 aromatic heterocycles. The van der Waals surface area contributed by atoms with Gasteiger partial charge in [-0.15, -0.1) is 0 Å². The number of likely N-dealkylation sites (N-methyl/N-ethyl adjacent to an activating group) is 1. The van der Waals surface area contributed by atoms with E-state index in [0.29, 0.717) is 19.3 Å². The van der Waals surface area contributed by atoms with Crippen LogP contribution >= 0.6 is 0 Å². The molecular formula is C17H38N2O5S2. The first kappa shape index (κ1) is 25.8. The van der Waals surface area contributed by atoms with Gasteiger partial charge in [0.2, 0.25) is 20.0 Å². The summed E-state index contributed by atoms with van der Waals surface area (Å²) in [7, 11) is -5.25. The molecule has 1 N–H and O–H groups in total. The molecule has 158 valence electrons. The van der Waals surface area contributed by atoms with Crippen LogP contribution in [0.15, 0.2) is 0 Å². The second-order valence-electron chi connectivity index (χ2n) is 8.15. The van der Waals surface area contributed by atoms with Crippen molar-refractivity contribution in [3.8, 4) is 0 Å². The molecule has 7 nitrogen and oxygen atoms in total. The Morgan fingerprint density at radius 3 is 1.85 bits per heavy atom. The summed E-state index contributed by atoms with van der Waals surface area (Å²) in [4.78, 5) is 0. The highest BCUT2D eigenvalue weighted by Crippen LogP contribution is 2.39. The zero-order valence-electron chi connectivity index (χ0n) is 17.8.